The molecule has 0 spiro atoms. The number of nitrogens with zero attached hydrogens (tertiary/aromatic N) is 1. The fourth-order valence-electron chi connectivity index (χ4n) is 1.64. The molecule has 0 aromatic carbocycles. The summed E-state index contributed by atoms with van der Waals surface area (Å²) in [5, 5.41) is 17.4. The second-order valence-electron chi connectivity index (χ2n) is 5.18. The smallest absolute Gasteiger partial charge is 0.307 e. The summed E-state index contributed by atoms with van der Waals surface area (Å²) in [7, 11) is 2.81. The number of carbonyl (C=O) groups is 3. The highest BCUT2D eigenvalue weighted by atomic mass is 16.5. The van der Waals surface area contributed by atoms with Gasteiger partial charge in [-0.15, -0.1) is 0 Å². The monoisotopic (exact) mass is 293 g/mol. The van der Waals surface area contributed by atoms with E-state index in [1.54, 1.807) is 0 Å². The van der Waals surface area contributed by atoms with Crippen LogP contribution in [0.3, 0.4) is 0 Å². The van der Waals surface area contributed by atoms with Crippen molar-refractivity contribution in [3.63, 3.8) is 0 Å². The molecule has 0 saturated heterocycles. The molecule has 0 aliphatic carbocycles. The van der Waals surface area contributed by atoms with Gasteiger partial charge in [-0.2, -0.15) is 0 Å². The molecular formula is C13H24NO6+. The van der Waals surface area contributed by atoms with E-state index in [1.807, 2.05) is 0 Å². The molecule has 0 fully saturated rings. The normalized spacial score (nSPS) is 15.6. The number of hydrogen-bond donors (Lipinski definition) is 2. The minimum atomic E-state index is -2.37. The Hall–Kier alpha value is -1.63. The molecule has 0 aromatic heterocycles. The maximum Gasteiger partial charge on any atom is 0.307 e. The van der Waals surface area contributed by atoms with Gasteiger partial charge in [-0.05, 0) is 12.8 Å². The Morgan fingerprint density at radius 2 is 1.75 bits per heavy atom. The van der Waals surface area contributed by atoms with Crippen LogP contribution in [0, 0.1) is 0 Å². The van der Waals surface area contributed by atoms with Gasteiger partial charge in [0.2, 0.25) is 0 Å². The summed E-state index contributed by atoms with van der Waals surface area (Å²) in [6.07, 6.45) is -1.03. The molecule has 0 aromatic rings. The fraction of sp³-hybridized carbons (Fsp3) is 0.769. The fourth-order valence-corrected chi connectivity index (χ4v) is 1.64. The molecule has 0 rings (SSSR count). The number of quaternary nitrogens is 1. The van der Waals surface area contributed by atoms with Crippen molar-refractivity contribution in [3.8, 4) is 0 Å². The van der Waals surface area contributed by atoms with Crippen LogP contribution in [0.5, 0.6) is 0 Å². The molecular weight excluding hydrogens is 266 g/mol. The molecule has 0 bridgehead atoms. The van der Waals surface area contributed by atoms with Gasteiger partial charge < -0.3 is 19.4 Å². The minimum absolute atomic E-state index is 0.0371. The van der Waals surface area contributed by atoms with Gasteiger partial charge in [0.05, 0.1) is 31.6 Å². The minimum Gasteiger partial charge on any atom is -0.481 e. The number of aliphatic carboxylic acids is 2. The summed E-state index contributed by atoms with van der Waals surface area (Å²) in [4.78, 5) is 32.9. The number of likely N-dealkylation sites (N-methyl/N-ethyl adjacent to an activating group) is 1. The lowest BCUT2D eigenvalue weighted by molar-refractivity contribution is -0.873. The molecule has 0 saturated carbocycles. The van der Waals surface area contributed by atoms with E-state index in [1.165, 1.54) is 14.1 Å². The van der Waals surface area contributed by atoms with Crippen molar-refractivity contribution in [3.05, 3.63) is 0 Å². The summed E-state index contributed by atoms with van der Waals surface area (Å²) >= 11 is 0. The molecule has 0 amide bonds. The van der Waals surface area contributed by atoms with Crippen LogP contribution in [0.2, 0.25) is 0 Å². The molecule has 0 radical (unpaired) electrons. The van der Waals surface area contributed by atoms with Crippen LogP contribution in [0.25, 0.3) is 0 Å². The maximum atomic E-state index is 11.7. The Kier molecular flexibility index (Phi) is 5.69. The van der Waals surface area contributed by atoms with Crippen molar-refractivity contribution < 1.29 is 37.9 Å². The van der Waals surface area contributed by atoms with Crippen LogP contribution < -0.4 is 0 Å². The van der Waals surface area contributed by atoms with Crippen molar-refractivity contribution in [1.29, 1.82) is 0 Å². The zero-order valence-corrected chi connectivity index (χ0v) is 11.8. The van der Waals surface area contributed by atoms with Crippen LogP contribution >= 0.6 is 0 Å². The lowest BCUT2D eigenvalue weighted by Gasteiger charge is -2.28. The molecule has 0 unspecified atom stereocenters. The lowest BCUT2D eigenvalue weighted by Crippen LogP contribution is -2.43. The van der Waals surface area contributed by atoms with Crippen LogP contribution in [-0.2, 0) is 19.1 Å². The molecule has 7 nitrogen and oxygen atoms in total. The molecule has 1 atom stereocenters. The SMILES string of the molecule is [2H]C([2H])([2H])[N+](C)(C)C[C@@H](CC(=O)O)OC(=O)CCCCC(=O)O. The quantitative estimate of drug-likeness (QED) is 0.350. The summed E-state index contributed by atoms with van der Waals surface area (Å²) in [5.41, 5.74) is 0. The van der Waals surface area contributed by atoms with Gasteiger partial charge in [-0.25, -0.2) is 0 Å². The van der Waals surface area contributed by atoms with Gasteiger partial charge in [-0.1, -0.05) is 0 Å². The van der Waals surface area contributed by atoms with Crippen LogP contribution in [0.1, 0.15) is 36.2 Å². The topological polar surface area (TPSA) is 101 Å². The van der Waals surface area contributed by atoms with Gasteiger partial charge in [0.25, 0.3) is 0 Å². The molecule has 0 aliphatic rings. The molecule has 0 heterocycles. The highest BCUT2D eigenvalue weighted by Gasteiger charge is 2.24. The highest BCUT2D eigenvalue weighted by molar-refractivity contribution is 5.71. The molecule has 2 N–H and O–H groups in total. The van der Waals surface area contributed by atoms with Crippen molar-refractivity contribution in [2.75, 3.05) is 27.6 Å². The molecule has 20 heavy (non-hydrogen) atoms. The average Bonchev–Trinajstić information content (AvgIpc) is 2.31. The van der Waals surface area contributed by atoms with Crippen LogP contribution in [0.4, 0.5) is 0 Å². The largest absolute Gasteiger partial charge is 0.481 e. The van der Waals surface area contributed by atoms with Crippen LogP contribution in [-0.4, -0.2) is 66.3 Å². The average molecular weight is 293 g/mol. The number of esters is 1. The predicted octanol–water partition coefficient (Wildman–Crippen LogP) is 0.724. The number of unbranched alkanes of at least 4 members (excludes halogenated alkanes) is 1. The van der Waals surface area contributed by atoms with E-state index in [0.29, 0.717) is 12.8 Å². The second kappa shape index (κ2) is 8.52. The number of rotatable bonds is 10. The zero-order chi connectivity index (χ0) is 18.3. The summed E-state index contributed by atoms with van der Waals surface area (Å²) in [5.74, 6) is -2.81. The Labute approximate surface area is 122 Å². The first-order chi connectivity index (χ1) is 10.3. The van der Waals surface area contributed by atoms with Gasteiger partial charge in [0.1, 0.15) is 6.54 Å². The number of hydrogen-bond acceptors (Lipinski definition) is 4. The van der Waals surface area contributed by atoms with Crippen LogP contribution in [0.15, 0.2) is 0 Å². The maximum absolute atomic E-state index is 11.7. The molecule has 7 heteroatoms. The van der Waals surface area contributed by atoms with Gasteiger partial charge in [0.15, 0.2) is 6.10 Å². The van der Waals surface area contributed by atoms with Crippen molar-refractivity contribution >= 4 is 17.9 Å². The Morgan fingerprint density at radius 3 is 2.25 bits per heavy atom. The predicted molar refractivity (Wildman–Crippen MR) is 71.1 cm³/mol. The Morgan fingerprint density at radius 1 is 1.15 bits per heavy atom. The Balaban J connectivity index is 4.59. The number of carboxylic acid groups (broad SMARTS) is 2. The number of carboxylic acids is 2. The van der Waals surface area contributed by atoms with Crippen molar-refractivity contribution in [2.45, 2.75) is 38.2 Å². The first kappa shape index (κ1) is 13.4. The standard InChI is InChI=1S/C13H23NO6/c1-14(2,3)9-10(8-12(17)18)20-13(19)7-5-4-6-11(15)16/h10H,4-9H2,1-3H3,(H-,15,16,17,18)/p+1/t10-/m1/s1/i1D3. The van der Waals surface area contributed by atoms with E-state index in [0.717, 1.165) is 0 Å². The second-order valence-corrected chi connectivity index (χ2v) is 5.18. The van der Waals surface area contributed by atoms with Gasteiger partial charge in [0, 0.05) is 12.8 Å². The van der Waals surface area contributed by atoms with Gasteiger partial charge >= 0.3 is 17.9 Å². The first-order valence-electron chi connectivity index (χ1n) is 7.81. The van der Waals surface area contributed by atoms with E-state index in [9.17, 15) is 14.4 Å². The van der Waals surface area contributed by atoms with E-state index < -0.39 is 41.9 Å². The lowest BCUT2D eigenvalue weighted by atomic mass is 10.2. The van der Waals surface area contributed by atoms with Gasteiger partial charge in [-0.3, -0.25) is 14.4 Å². The van der Waals surface area contributed by atoms with E-state index in [-0.39, 0.29) is 19.4 Å². The zero-order valence-electron chi connectivity index (χ0n) is 14.8. The number of carbonyl (C=O) groups excluding carboxylic acids is 1. The highest BCUT2D eigenvalue weighted by Crippen LogP contribution is 2.08. The third-order valence-corrected chi connectivity index (χ3v) is 2.38. The number of ether oxygens (including phenoxy) is 1. The molecule has 0 aliphatic heterocycles. The Bertz CT molecular complexity index is 436. The molecule has 116 valence electrons. The summed E-state index contributed by atoms with van der Waals surface area (Å²) in [6, 6.07) is 0. The summed E-state index contributed by atoms with van der Waals surface area (Å²) < 4.78 is 26.9. The van der Waals surface area contributed by atoms with E-state index in [2.05, 4.69) is 0 Å². The van der Waals surface area contributed by atoms with E-state index >= 15 is 0 Å². The third kappa shape index (κ3) is 11.5. The van der Waals surface area contributed by atoms with Crippen molar-refractivity contribution in [1.82, 2.24) is 0 Å². The van der Waals surface area contributed by atoms with E-state index in [4.69, 9.17) is 19.1 Å². The first-order valence-corrected chi connectivity index (χ1v) is 6.31. The third-order valence-electron chi connectivity index (χ3n) is 2.38. The summed E-state index contributed by atoms with van der Waals surface area (Å²) in [6.45, 7) is -2.53. The van der Waals surface area contributed by atoms with Crippen molar-refractivity contribution in [2.24, 2.45) is 0 Å².